The van der Waals surface area contributed by atoms with Gasteiger partial charge in [-0.15, -0.1) is 0 Å². The summed E-state index contributed by atoms with van der Waals surface area (Å²) in [6.45, 7) is 4.49. The first-order chi connectivity index (χ1) is 14.6. The van der Waals surface area contributed by atoms with Crippen molar-refractivity contribution in [1.29, 1.82) is 0 Å². The van der Waals surface area contributed by atoms with E-state index in [1.54, 1.807) is 24.3 Å². The molecule has 31 heavy (non-hydrogen) atoms. The van der Waals surface area contributed by atoms with Crippen molar-refractivity contribution in [3.05, 3.63) is 24.3 Å². The van der Waals surface area contributed by atoms with Crippen LogP contribution in [0.15, 0.2) is 24.3 Å². The zero-order valence-corrected chi connectivity index (χ0v) is 17.7. The summed E-state index contributed by atoms with van der Waals surface area (Å²) in [5.41, 5.74) is 6.20. The van der Waals surface area contributed by atoms with Crippen molar-refractivity contribution in [1.82, 2.24) is 5.32 Å². The maximum absolute atomic E-state index is 11.9. The van der Waals surface area contributed by atoms with Crippen LogP contribution in [0.3, 0.4) is 0 Å². The van der Waals surface area contributed by atoms with E-state index in [0.717, 1.165) is 6.92 Å². The minimum Gasteiger partial charge on any atom is -0.463 e. The summed E-state index contributed by atoms with van der Waals surface area (Å²) in [5.74, 6) is -2.06. The smallest absolute Gasteiger partial charge is 0.303 e. The number of benzene rings is 1. The third-order valence-corrected chi connectivity index (χ3v) is 4.20. The maximum atomic E-state index is 11.9. The predicted octanol–water partition coefficient (Wildman–Crippen LogP) is 0.304. The Hall–Kier alpha value is -3.34. The molecule has 1 amide bonds. The maximum Gasteiger partial charge on any atom is 0.303 e. The minimum atomic E-state index is -1.18. The summed E-state index contributed by atoms with van der Waals surface area (Å²) < 4.78 is 27.5. The zero-order valence-electron chi connectivity index (χ0n) is 17.7. The van der Waals surface area contributed by atoms with Gasteiger partial charge in [0, 0.05) is 33.4 Å². The zero-order chi connectivity index (χ0) is 23.1. The van der Waals surface area contributed by atoms with E-state index in [2.05, 4.69) is 5.32 Å². The van der Waals surface area contributed by atoms with Crippen LogP contribution >= 0.6 is 0 Å². The molecule has 1 aromatic rings. The Bertz CT molecular complexity index is 811. The molecule has 11 heteroatoms. The van der Waals surface area contributed by atoms with E-state index in [-0.39, 0.29) is 6.61 Å². The molecule has 1 aliphatic heterocycles. The number of hydrogen-bond donors (Lipinski definition) is 2. The van der Waals surface area contributed by atoms with Gasteiger partial charge < -0.3 is 34.7 Å². The van der Waals surface area contributed by atoms with Crippen LogP contribution in [0.5, 0.6) is 5.75 Å². The number of nitrogen functional groups attached to an aromatic ring is 1. The largest absolute Gasteiger partial charge is 0.463 e. The molecule has 1 aromatic carbocycles. The lowest BCUT2D eigenvalue weighted by Gasteiger charge is -2.44. The highest BCUT2D eigenvalue weighted by atomic mass is 16.7. The predicted molar refractivity (Wildman–Crippen MR) is 105 cm³/mol. The average Bonchev–Trinajstić information content (AvgIpc) is 2.65. The number of carbonyl (C=O) groups is 4. The van der Waals surface area contributed by atoms with Crippen molar-refractivity contribution < 1.29 is 42.9 Å². The van der Waals surface area contributed by atoms with E-state index >= 15 is 0 Å². The molecule has 1 fully saturated rings. The van der Waals surface area contributed by atoms with E-state index in [1.807, 2.05) is 0 Å². The number of rotatable bonds is 7. The lowest BCUT2D eigenvalue weighted by atomic mass is 9.96. The molecular formula is C20H26N2O9. The number of amides is 1. The molecule has 5 atom stereocenters. The lowest BCUT2D eigenvalue weighted by Crippen LogP contribution is -2.67. The highest BCUT2D eigenvalue weighted by Crippen LogP contribution is 2.29. The third kappa shape index (κ3) is 7.14. The summed E-state index contributed by atoms with van der Waals surface area (Å²) in [5, 5.41) is 2.62. The molecule has 0 aliphatic carbocycles. The number of nitrogens with two attached hydrogens (primary N) is 1. The van der Waals surface area contributed by atoms with Crippen molar-refractivity contribution in [2.75, 3.05) is 12.3 Å². The van der Waals surface area contributed by atoms with Gasteiger partial charge in [0.05, 0.1) is 0 Å². The second-order valence-corrected chi connectivity index (χ2v) is 6.91. The molecule has 3 N–H and O–H groups in total. The Kier molecular flexibility index (Phi) is 8.20. The second kappa shape index (κ2) is 10.6. The van der Waals surface area contributed by atoms with Gasteiger partial charge in [-0.25, -0.2) is 0 Å². The monoisotopic (exact) mass is 438 g/mol. The number of esters is 3. The van der Waals surface area contributed by atoms with Crippen LogP contribution in [0.1, 0.15) is 27.7 Å². The Morgan fingerprint density at radius 3 is 2.03 bits per heavy atom. The van der Waals surface area contributed by atoms with Crippen LogP contribution < -0.4 is 15.8 Å². The summed E-state index contributed by atoms with van der Waals surface area (Å²) >= 11 is 0. The van der Waals surface area contributed by atoms with Crippen molar-refractivity contribution in [3.63, 3.8) is 0 Å². The molecule has 11 nitrogen and oxygen atoms in total. The Morgan fingerprint density at radius 2 is 1.52 bits per heavy atom. The van der Waals surface area contributed by atoms with Gasteiger partial charge in [0.15, 0.2) is 12.2 Å². The molecule has 1 aliphatic rings. The number of hydrogen-bond acceptors (Lipinski definition) is 10. The molecule has 1 heterocycles. The summed E-state index contributed by atoms with van der Waals surface area (Å²) in [6, 6.07) is 5.34. The molecular weight excluding hydrogens is 412 g/mol. The average molecular weight is 438 g/mol. The van der Waals surface area contributed by atoms with Crippen LogP contribution in [-0.2, 0) is 38.1 Å². The van der Waals surface area contributed by atoms with E-state index in [0.29, 0.717) is 11.4 Å². The van der Waals surface area contributed by atoms with Gasteiger partial charge in [-0.05, 0) is 24.3 Å². The molecule has 1 saturated heterocycles. The fraction of sp³-hybridized carbons (Fsp3) is 0.500. The van der Waals surface area contributed by atoms with E-state index in [9.17, 15) is 19.2 Å². The van der Waals surface area contributed by atoms with E-state index < -0.39 is 54.5 Å². The van der Waals surface area contributed by atoms with Crippen LogP contribution in [0, 0.1) is 0 Å². The summed E-state index contributed by atoms with van der Waals surface area (Å²) in [4.78, 5) is 46.7. The summed E-state index contributed by atoms with van der Waals surface area (Å²) in [6.07, 6.45) is -4.58. The molecule has 170 valence electrons. The Balaban J connectivity index is 2.43. The topological polar surface area (TPSA) is 152 Å². The molecule has 0 aromatic heterocycles. The Labute approximate surface area is 179 Å². The third-order valence-electron chi connectivity index (χ3n) is 4.20. The normalized spacial score (nSPS) is 25.1. The van der Waals surface area contributed by atoms with Gasteiger partial charge in [0.1, 0.15) is 24.5 Å². The van der Waals surface area contributed by atoms with Gasteiger partial charge >= 0.3 is 17.9 Å². The molecule has 2 rings (SSSR count). The number of carbonyl (C=O) groups excluding carboxylic acids is 4. The van der Waals surface area contributed by atoms with Crippen LogP contribution in [0.4, 0.5) is 5.69 Å². The van der Waals surface area contributed by atoms with E-state index in [1.165, 1.54) is 20.8 Å². The van der Waals surface area contributed by atoms with Crippen LogP contribution in [-0.4, -0.2) is 61.1 Å². The highest BCUT2D eigenvalue weighted by molar-refractivity contribution is 5.73. The van der Waals surface area contributed by atoms with Gasteiger partial charge in [-0.1, -0.05) is 0 Å². The molecule has 3 unspecified atom stereocenters. The fourth-order valence-electron chi connectivity index (χ4n) is 3.07. The molecule has 0 bridgehead atoms. The number of ether oxygens (including phenoxy) is 5. The SMILES string of the molecule is CC(=O)NC1C(OC(C)=O)[C@H](OC(C)=O)C(COC(C)=O)O[C@H]1Oc1ccc(N)cc1. The summed E-state index contributed by atoms with van der Waals surface area (Å²) in [7, 11) is 0. The number of anilines is 1. The fourth-order valence-corrected chi connectivity index (χ4v) is 3.07. The second-order valence-electron chi connectivity index (χ2n) is 6.91. The molecule has 0 saturated carbocycles. The number of nitrogens with one attached hydrogen (secondary N) is 1. The van der Waals surface area contributed by atoms with Crippen molar-refractivity contribution >= 4 is 29.5 Å². The molecule has 0 spiro atoms. The molecule has 0 radical (unpaired) electrons. The first-order valence-corrected chi connectivity index (χ1v) is 9.49. The van der Waals surface area contributed by atoms with Gasteiger partial charge in [0.25, 0.3) is 0 Å². The van der Waals surface area contributed by atoms with Crippen molar-refractivity contribution in [2.45, 2.75) is 58.3 Å². The van der Waals surface area contributed by atoms with Crippen molar-refractivity contribution in [2.24, 2.45) is 0 Å². The van der Waals surface area contributed by atoms with Crippen LogP contribution in [0.25, 0.3) is 0 Å². The van der Waals surface area contributed by atoms with Gasteiger partial charge in [0.2, 0.25) is 12.2 Å². The lowest BCUT2D eigenvalue weighted by molar-refractivity contribution is -0.257. The van der Waals surface area contributed by atoms with E-state index in [4.69, 9.17) is 29.4 Å². The highest BCUT2D eigenvalue weighted by Gasteiger charge is 2.51. The minimum absolute atomic E-state index is 0.306. The first-order valence-electron chi connectivity index (χ1n) is 9.49. The van der Waals surface area contributed by atoms with Gasteiger partial charge in [-0.2, -0.15) is 0 Å². The quantitative estimate of drug-likeness (QED) is 0.345. The van der Waals surface area contributed by atoms with Crippen LogP contribution in [0.2, 0.25) is 0 Å². The standard InChI is InChI=1S/C20H26N2O9/c1-10(23)22-17-19(29-13(4)26)18(28-12(3)25)16(9-27-11(2)24)31-20(17)30-15-7-5-14(21)6-8-15/h5-8,16-20H,9,21H2,1-4H3,(H,22,23)/t16?,17?,18-,19?,20-/m1/s1. The van der Waals surface area contributed by atoms with Gasteiger partial charge in [-0.3, -0.25) is 19.2 Å². The first kappa shape index (κ1) is 23.9. The van der Waals surface area contributed by atoms with Crippen molar-refractivity contribution in [3.8, 4) is 5.75 Å². The Morgan fingerprint density at radius 1 is 0.935 bits per heavy atom.